The molecule has 0 fully saturated rings. The molecular weight excluding hydrogens is 510 g/mol. The van der Waals surface area contributed by atoms with Gasteiger partial charge in [0, 0.05) is 12.6 Å². The Labute approximate surface area is 238 Å². The molecule has 2 aromatic rings. The topological polar surface area (TPSA) is 87.7 Å². The first-order valence-corrected chi connectivity index (χ1v) is 15.0. The van der Waals surface area contributed by atoms with Crippen molar-refractivity contribution in [2.45, 2.75) is 91.6 Å². The van der Waals surface area contributed by atoms with Crippen LogP contribution in [0.3, 0.4) is 0 Å². The molecule has 0 bridgehead atoms. The van der Waals surface area contributed by atoms with Gasteiger partial charge in [0.2, 0.25) is 11.8 Å². The molecule has 0 aliphatic rings. The second kappa shape index (κ2) is 15.0. The molecule has 3 unspecified atom stereocenters. The van der Waals surface area contributed by atoms with E-state index in [1.54, 1.807) is 37.4 Å². The van der Waals surface area contributed by atoms with Crippen LogP contribution in [0.2, 0.25) is 0 Å². The van der Waals surface area contributed by atoms with Gasteiger partial charge in [-0.25, -0.2) is 4.79 Å². The minimum absolute atomic E-state index is 0.262. The van der Waals surface area contributed by atoms with Crippen molar-refractivity contribution in [1.82, 2.24) is 15.5 Å². The molecule has 3 amide bonds. The van der Waals surface area contributed by atoms with Gasteiger partial charge in [-0.15, -0.1) is 0 Å². The lowest BCUT2D eigenvalue weighted by atomic mass is 9.94. The SMILES string of the molecule is CCC(C)N(C(=O)C(CCSC)NC(=O)OC(C)(C)C)C(C(=O)NCc1ccccc1)c1cc(C)ccc1C. The zero-order valence-electron chi connectivity index (χ0n) is 24.7. The molecule has 0 saturated carbocycles. The first kappa shape index (κ1) is 32.2. The summed E-state index contributed by atoms with van der Waals surface area (Å²) in [5, 5.41) is 5.86. The van der Waals surface area contributed by atoms with E-state index in [1.165, 1.54) is 0 Å². The number of alkyl carbamates (subject to hydrolysis) is 1. The van der Waals surface area contributed by atoms with E-state index in [9.17, 15) is 14.4 Å². The van der Waals surface area contributed by atoms with Gasteiger partial charge in [-0.05, 0) is 83.1 Å². The fraction of sp³-hybridized carbons (Fsp3) is 0.516. The Balaban J connectivity index is 2.53. The fourth-order valence-electron chi connectivity index (χ4n) is 4.27. The van der Waals surface area contributed by atoms with Gasteiger partial charge >= 0.3 is 6.09 Å². The zero-order chi connectivity index (χ0) is 29.2. The van der Waals surface area contributed by atoms with Gasteiger partial charge in [0.1, 0.15) is 17.7 Å². The van der Waals surface area contributed by atoms with Gasteiger partial charge in [0.25, 0.3) is 0 Å². The van der Waals surface area contributed by atoms with Crippen LogP contribution in [0.5, 0.6) is 0 Å². The third kappa shape index (κ3) is 9.92. The van der Waals surface area contributed by atoms with Crippen LogP contribution in [0.25, 0.3) is 0 Å². The molecule has 0 aromatic heterocycles. The molecule has 7 nitrogen and oxygen atoms in total. The summed E-state index contributed by atoms with van der Waals surface area (Å²) in [4.78, 5) is 42.7. The number of hydrogen-bond donors (Lipinski definition) is 2. The quantitative estimate of drug-likeness (QED) is 0.339. The Morgan fingerprint density at radius 3 is 2.31 bits per heavy atom. The predicted molar refractivity (Wildman–Crippen MR) is 160 cm³/mol. The number of carbonyl (C=O) groups excluding carboxylic acids is 3. The van der Waals surface area contributed by atoms with Crippen molar-refractivity contribution in [2.75, 3.05) is 12.0 Å². The van der Waals surface area contributed by atoms with Crippen molar-refractivity contribution in [2.24, 2.45) is 0 Å². The van der Waals surface area contributed by atoms with E-state index in [0.29, 0.717) is 25.1 Å². The van der Waals surface area contributed by atoms with Crippen LogP contribution in [0.1, 0.15) is 75.8 Å². The normalized spacial score (nSPS) is 13.6. The predicted octanol–water partition coefficient (Wildman–Crippen LogP) is 5.93. The third-order valence-corrected chi connectivity index (χ3v) is 7.13. The van der Waals surface area contributed by atoms with E-state index >= 15 is 0 Å². The molecular formula is C31H45N3O4S. The fourth-order valence-corrected chi connectivity index (χ4v) is 4.74. The van der Waals surface area contributed by atoms with Crippen LogP contribution < -0.4 is 10.6 Å². The summed E-state index contributed by atoms with van der Waals surface area (Å²) in [6, 6.07) is 13.7. The number of amides is 3. The van der Waals surface area contributed by atoms with E-state index in [-0.39, 0.29) is 17.9 Å². The maximum atomic E-state index is 14.3. The Morgan fingerprint density at radius 1 is 1.05 bits per heavy atom. The molecule has 8 heteroatoms. The minimum atomic E-state index is -0.867. The second-order valence-corrected chi connectivity index (χ2v) is 11.9. The van der Waals surface area contributed by atoms with Crippen molar-refractivity contribution in [3.05, 3.63) is 70.8 Å². The van der Waals surface area contributed by atoms with Gasteiger partial charge in [0.15, 0.2) is 0 Å². The zero-order valence-corrected chi connectivity index (χ0v) is 25.5. The van der Waals surface area contributed by atoms with Crippen LogP contribution in [-0.4, -0.2) is 52.5 Å². The number of benzene rings is 2. The first-order chi connectivity index (χ1) is 18.4. The maximum absolute atomic E-state index is 14.3. The smallest absolute Gasteiger partial charge is 0.408 e. The number of ether oxygens (including phenoxy) is 1. The van der Waals surface area contributed by atoms with E-state index < -0.39 is 23.8 Å². The van der Waals surface area contributed by atoms with Gasteiger partial charge in [-0.2, -0.15) is 11.8 Å². The third-order valence-electron chi connectivity index (χ3n) is 6.49. The maximum Gasteiger partial charge on any atom is 0.408 e. The molecule has 0 heterocycles. The highest BCUT2D eigenvalue weighted by Gasteiger charge is 2.39. The number of rotatable bonds is 12. The summed E-state index contributed by atoms with van der Waals surface area (Å²) >= 11 is 1.59. The number of aryl methyl sites for hydroxylation is 2. The summed E-state index contributed by atoms with van der Waals surface area (Å²) in [5.41, 5.74) is 2.96. The van der Waals surface area contributed by atoms with Gasteiger partial charge in [-0.3, -0.25) is 9.59 Å². The number of nitrogens with one attached hydrogen (secondary N) is 2. The Hall–Kier alpha value is -3.00. The summed E-state index contributed by atoms with van der Waals surface area (Å²) in [6.07, 6.45) is 2.36. The number of thioether (sulfide) groups is 1. The summed E-state index contributed by atoms with van der Waals surface area (Å²) in [5.74, 6) is 0.0987. The van der Waals surface area contributed by atoms with Crippen molar-refractivity contribution in [3.8, 4) is 0 Å². The number of hydrogen-bond acceptors (Lipinski definition) is 5. The van der Waals surface area contributed by atoms with Gasteiger partial charge in [0.05, 0.1) is 0 Å². The monoisotopic (exact) mass is 555 g/mol. The Bertz CT molecular complexity index is 1100. The Kier molecular flexibility index (Phi) is 12.4. The van der Waals surface area contributed by atoms with Crippen molar-refractivity contribution < 1.29 is 19.1 Å². The lowest BCUT2D eigenvalue weighted by Crippen LogP contribution is -2.55. The largest absolute Gasteiger partial charge is 0.444 e. The second-order valence-electron chi connectivity index (χ2n) is 10.9. The first-order valence-electron chi connectivity index (χ1n) is 13.6. The number of carbonyl (C=O) groups is 3. The lowest BCUT2D eigenvalue weighted by molar-refractivity contribution is -0.145. The minimum Gasteiger partial charge on any atom is -0.444 e. The average Bonchev–Trinajstić information content (AvgIpc) is 2.88. The summed E-state index contributed by atoms with van der Waals surface area (Å²) < 4.78 is 5.47. The molecule has 0 spiro atoms. The van der Waals surface area contributed by atoms with Crippen LogP contribution in [0.4, 0.5) is 4.79 Å². The van der Waals surface area contributed by atoms with Crippen molar-refractivity contribution in [1.29, 1.82) is 0 Å². The van der Waals surface area contributed by atoms with Gasteiger partial charge in [-0.1, -0.05) is 61.0 Å². The highest BCUT2D eigenvalue weighted by Crippen LogP contribution is 2.30. The van der Waals surface area contributed by atoms with E-state index in [1.807, 2.05) is 82.5 Å². The molecule has 214 valence electrons. The van der Waals surface area contributed by atoms with Gasteiger partial charge < -0.3 is 20.3 Å². The highest BCUT2D eigenvalue weighted by atomic mass is 32.2. The molecule has 39 heavy (non-hydrogen) atoms. The van der Waals surface area contributed by atoms with Crippen LogP contribution in [0, 0.1) is 13.8 Å². The molecule has 0 radical (unpaired) electrons. The molecule has 2 rings (SSSR count). The van der Waals surface area contributed by atoms with Crippen LogP contribution >= 0.6 is 11.8 Å². The lowest BCUT2D eigenvalue weighted by Gasteiger charge is -2.39. The van der Waals surface area contributed by atoms with E-state index in [0.717, 1.165) is 22.3 Å². The molecule has 2 aromatic carbocycles. The summed E-state index contributed by atoms with van der Waals surface area (Å²) in [6.45, 7) is 13.6. The molecule has 0 saturated heterocycles. The Morgan fingerprint density at radius 2 is 1.72 bits per heavy atom. The van der Waals surface area contributed by atoms with E-state index in [4.69, 9.17) is 4.74 Å². The van der Waals surface area contributed by atoms with Crippen molar-refractivity contribution >= 4 is 29.7 Å². The highest BCUT2D eigenvalue weighted by molar-refractivity contribution is 7.98. The van der Waals surface area contributed by atoms with Crippen LogP contribution in [0.15, 0.2) is 48.5 Å². The summed E-state index contributed by atoms with van der Waals surface area (Å²) in [7, 11) is 0. The van der Waals surface area contributed by atoms with Crippen molar-refractivity contribution in [3.63, 3.8) is 0 Å². The average molecular weight is 556 g/mol. The molecule has 0 aliphatic heterocycles. The van der Waals surface area contributed by atoms with E-state index in [2.05, 4.69) is 10.6 Å². The molecule has 2 N–H and O–H groups in total. The standard InChI is InChI=1S/C31H45N3O4S/c1-9-23(4)34(29(36)26(17-18-39-8)33-30(37)38-31(5,6)7)27(25-19-21(2)15-16-22(25)3)28(35)32-20-24-13-11-10-12-14-24/h10-16,19,23,26-27H,9,17-18,20H2,1-8H3,(H,32,35)(H,33,37). The number of nitrogens with zero attached hydrogens (tertiary/aromatic N) is 1. The molecule has 3 atom stereocenters. The molecule has 0 aliphatic carbocycles. The van der Waals surface area contributed by atoms with Crippen LogP contribution in [-0.2, 0) is 20.9 Å².